The van der Waals surface area contributed by atoms with E-state index in [0.717, 1.165) is 22.2 Å². The molecule has 0 radical (unpaired) electrons. The molecule has 0 aliphatic heterocycles. The SMILES string of the molecule is Cc1[nH]ncc1-c1cnc2ccc(N(C(N)=O)c3ccc(F)c(C(F)(F)F)c3)cc2n1. The lowest BCUT2D eigenvalue weighted by molar-refractivity contribution is -0.139. The second-order valence-electron chi connectivity index (χ2n) is 6.67. The maximum absolute atomic E-state index is 13.7. The largest absolute Gasteiger partial charge is 0.419 e. The monoisotopic (exact) mass is 430 g/mol. The number of carbonyl (C=O) groups is 1. The van der Waals surface area contributed by atoms with Crippen LogP contribution in [0.3, 0.4) is 0 Å². The third kappa shape index (κ3) is 3.77. The number of H-pyrrole nitrogens is 1. The molecular weight excluding hydrogens is 416 g/mol. The van der Waals surface area contributed by atoms with Gasteiger partial charge in [0, 0.05) is 11.3 Å². The fraction of sp³-hybridized carbons (Fsp3) is 0.100. The van der Waals surface area contributed by atoms with Gasteiger partial charge in [0.15, 0.2) is 0 Å². The number of benzene rings is 2. The Hall–Kier alpha value is -4.02. The second-order valence-corrected chi connectivity index (χ2v) is 6.67. The number of nitrogens with zero attached hydrogens (tertiary/aromatic N) is 4. The Morgan fingerprint density at radius 2 is 1.77 bits per heavy atom. The number of nitrogens with one attached hydrogen (secondary N) is 1. The number of hydrogen-bond acceptors (Lipinski definition) is 4. The second kappa shape index (κ2) is 7.35. The molecule has 0 aliphatic carbocycles. The van der Waals surface area contributed by atoms with Crippen LogP contribution in [-0.4, -0.2) is 26.2 Å². The summed E-state index contributed by atoms with van der Waals surface area (Å²) in [5.41, 5.74) is 6.72. The van der Waals surface area contributed by atoms with Crippen molar-refractivity contribution in [1.29, 1.82) is 0 Å². The summed E-state index contributed by atoms with van der Waals surface area (Å²) in [5, 5.41) is 6.73. The van der Waals surface area contributed by atoms with E-state index < -0.39 is 23.6 Å². The molecule has 0 saturated carbocycles. The maximum atomic E-state index is 13.7. The van der Waals surface area contributed by atoms with Crippen LogP contribution < -0.4 is 10.6 Å². The van der Waals surface area contributed by atoms with Crippen LogP contribution in [0, 0.1) is 12.7 Å². The van der Waals surface area contributed by atoms with Crippen LogP contribution >= 0.6 is 0 Å². The highest BCUT2D eigenvalue weighted by atomic mass is 19.4. The lowest BCUT2D eigenvalue weighted by Crippen LogP contribution is -2.31. The van der Waals surface area contributed by atoms with Gasteiger partial charge in [-0.1, -0.05) is 0 Å². The first-order valence-electron chi connectivity index (χ1n) is 8.88. The van der Waals surface area contributed by atoms with Gasteiger partial charge in [-0.2, -0.15) is 18.3 Å². The zero-order valence-corrected chi connectivity index (χ0v) is 15.9. The Morgan fingerprint density at radius 1 is 1.06 bits per heavy atom. The summed E-state index contributed by atoms with van der Waals surface area (Å²) in [6.07, 6.45) is -1.79. The van der Waals surface area contributed by atoms with Crippen LogP contribution in [0.15, 0.2) is 48.8 Å². The van der Waals surface area contributed by atoms with Gasteiger partial charge in [0.2, 0.25) is 0 Å². The Kier molecular flexibility index (Phi) is 4.80. The highest BCUT2D eigenvalue weighted by Crippen LogP contribution is 2.36. The molecule has 158 valence electrons. The average molecular weight is 430 g/mol. The molecule has 4 rings (SSSR count). The number of primary amides is 1. The Balaban J connectivity index is 1.83. The van der Waals surface area contributed by atoms with Gasteiger partial charge in [-0.15, -0.1) is 0 Å². The highest BCUT2D eigenvalue weighted by Gasteiger charge is 2.35. The van der Waals surface area contributed by atoms with Gasteiger partial charge in [0.25, 0.3) is 0 Å². The number of aryl methyl sites for hydroxylation is 1. The zero-order chi connectivity index (χ0) is 22.3. The molecule has 0 bridgehead atoms. The first kappa shape index (κ1) is 20.3. The predicted octanol–water partition coefficient (Wildman–Crippen LogP) is 4.70. The van der Waals surface area contributed by atoms with Crippen molar-refractivity contribution in [3.63, 3.8) is 0 Å². The van der Waals surface area contributed by atoms with Crippen LogP contribution in [0.5, 0.6) is 0 Å². The molecule has 2 heterocycles. The zero-order valence-electron chi connectivity index (χ0n) is 15.9. The first-order valence-corrected chi connectivity index (χ1v) is 8.88. The van der Waals surface area contributed by atoms with Crippen molar-refractivity contribution in [3.05, 3.63) is 65.9 Å². The van der Waals surface area contributed by atoms with Crippen molar-refractivity contribution in [2.45, 2.75) is 13.1 Å². The third-order valence-electron chi connectivity index (χ3n) is 4.62. The molecule has 2 amide bonds. The van der Waals surface area contributed by atoms with Crippen molar-refractivity contribution in [2.75, 3.05) is 4.90 Å². The van der Waals surface area contributed by atoms with E-state index >= 15 is 0 Å². The lowest BCUT2D eigenvalue weighted by Gasteiger charge is -2.22. The number of fused-ring (bicyclic) bond motifs is 1. The fourth-order valence-electron chi connectivity index (χ4n) is 3.15. The molecule has 0 unspecified atom stereocenters. The summed E-state index contributed by atoms with van der Waals surface area (Å²) >= 11 is 0. The van der Waals surface area contributed by atoms with E-state index in [-0.39, 0.29) is 11.4 Å². The minimum atomic E-state index is -4.93. The lowest BCUT2D eigenvalue weighted by atomic mass is 10.1. The van der Waals surface area contributed by atoms with Crippen LogP contribution in [0.2, 0.25) is 0 Å². The maximum Gasteiger partial charge on any atom is 0.419 e. The number of urea groups is 1. The Labute approximate surface area is 172 Å². The molecule has 3 N–H and O–H groups in total. The average Bonchev–Trinajstić information content (AvgIpc) is 3.13. The van der Waals surface area contributed by atoms with E-state index in [2.05, 4.69) is 20.2 Å². The fourth-order valence-corrected chi connectivity index (χ4v) is 3.15. The number of halogens is 4. The predicted molar refractivity (Wildman–Crippen MR) is 105 cm³/mol. The van der Waals surface area contributed by atoms with E-state index in [1.807, 2.05) is 6.92 Å². The summed E-state index contributed by atoms with van der Waals surface area (Å²) in [5.74, 6) is -1.45. The van der Waals surface area contributed by atoms with E-state index in [0.29, 0.717) is 28.9 Å². The van der Waals surface area contributed by atoms with E-state index in [1.54, 1.807) is 18.5 Å². The molecule has 7 nitrogen and oxygen atoms in total. The standard InChI is InChI=1S/C20H14F4N6O/c1-10-13(8-27-29-10)18-9-26-16-5-3-12(7-17(16)28-18)30(19(25)31)11-2-4-15(21)14(6-11)20(22,23)24/h2-9H,1H3,(H2,25,31)(H,27,29). The van der Waals surface area contributed by atoms with Gasteiger partial charge in [-0.3, -0.25) is 15.0 Å². The summed E-state index contributed by atoms with van der Waals surface area (Å²) < 4.78 is 53.0. The number of rotatable bonds is 3. The normalized spacial score (nSPS) is 11.6. The van der Waals surface area contributed by atoms with Gasteiger partial charge in [-0.25, -0.2) is 14.2 Å². The van der Waals surface area contributed by atoms with Gasteiger partial charge in [0.1, 0.15) is 5.82 Å². The molecule has 0 aliphatic rings. The quantitative estimate of drug-likeness (QED) is 0.460. The number of aromatic amines is 1. The summed E-state index contributed by atoms with van der Waals surface area (Å²) in [6, 6.07) is 5.62. The van der Waals surface area contributed by atoms with Gasteiger partial charge >= 0.3 is 12.2 Å². The topological polar surface area (TPSA) is 101 Å². The van der Waals surface area contributed by atoms with Crippen molar-refractivity contribution in [1.82, 2.24) is 20.2 Å². The number of nitrogens with two attached hydrogens (primary N) is 1. The number of aromatic nitrogens is 4. The molecule has 0 atom stereocenters. The van der Waals surface area contributed by atoms with E-state index in [4.69, 9.17) is 5.73 Å². The number of carbonyl (C=O) groups excluding carboxylic acids is 1. The number of hydrogen-bond donors (Lipinski definition) is 2. The Bertz CT molecular complexity index is 1300. The van der Waals surface area contributed by atoms with E-state index in [1.165, 1.54) is 12.1 Å². The molecule has 2 aromatic heterocycles. The summed E-state index contributed by atoms with van der Waals surface area (Å²) in [4.78, 5) is 21.8. The number of alkyl halides is 3. The van der Waals surface area contributed by atoms with Gasteiger partial charge in [0.05, 0.1) is 46.1 Å². The number of anilines is 2. The summed E-state index contributed by atoms with van der Waals surface area (Å²) in [6.45, 7) is 1.81. The Morgan fingerprint density at radius 3 is 2.42 bits per heavy atom. The molecule has 2 aromatic carbocycles. The molecule has 0 spiro atoms. The van der Waals surface area contributed by atoms with Gasteiger partial charge in [-0.05, 0) is 43.3 Å². The summed E-state index contributed by atoms with van der Waals surface area (Å²) in [7, 11) is 0. The molecule has 11 heteroatoms. The molecule has 31 heavy (non-hydrogen) atoms. The smallest absolute Gasteiger partial charge is 0.351 e. The highest BCUT2D eigenvalue weighted by molar-refractivity contribution is 6.00. The minimum Gasteiger partial charge on any atom is -0.351 e. The van der Waals surface area contributed by atoms with E-state index in [9.17, 15) is 22.4 Å². The van der Waals surface area contributed by atoms with Crippen molar-refractivity contribution < 1.29 is 22.4 Å². The third-order valence-corrected chi connectivity index (χ3v) is 4.62. The minimum absolute atomic E-state index is 0.148. The molecular formula is C20H14F4N6O. The van der Waals surface area contributed by atoms with Crippen molar-refractivity contribution >= 4 is 28.4 Å². The molecule has 0 fully saturated rings. The van der Waals surface area contributed by atoms with Crippen LogP contribution in [0.25, 0.3) is 22.3 Å². The van der Waals surface area contributed by atoms with Crippen molar-refractivity contribution in [3.8, 4) is 11.3 Å². The van der Waals surface area contributed by atoms with Crippen molar-refractivity contribution in [2.24, 2.45) is 5.73 Å². The first-order chi connectivity index (χ1) is 14.6. The van der Waals surface area contributed by atoms with Crippen LogP contribution in [0.4, 0.5) is 33.7 Å². The molecule has 0 saturated heterocycles. The van der Waals surface area contributed by atoms with Crippen LogP contribution in [-0.2, 0) is 6.18 Å². The molecule has 4 aromatic rings. The van der Waals surface area contributed by atoms with Crippen LogP contribution in [0.1, 0.15) is 11.3 Å². The number of amides is 2. The van der Waals surface area contributed by atoms with Gasteiger partial charge < -0.3 is 5.73 Å².